The average Bonchev–Trinajstić information content (AvgIpc) is 2.39. The highest BCUT2D eigenvalue weighted by atomic mass is 16.5. The summed E-state index contributed by atoms with van der Waals surface area (Å²) in [6.07, 6.45) is 3.55. The monoisotopic (exact) mass is 143 g/mol. The lowest BCUT2D eigenvalue weighted by Gasteiger charge is -2.24. The Balaban J connectivity index is 2.41. The van der Waals surface area contributed by atoms with Gasteiger partial charge in [0.2, 0.25) is 0 Å². The zero-order valence-electron chi connectivity index (χ0n) is 6.73. The van der Waals surface area contributed by atoms with Crippen LogP contribution in [0.2, 0.25) is 0 Å². The molecule has 1 aliphatic heterocycles. The molecule has 1 saturated heterocycles. The van der Waals surface area contributed by atoms with Gasteiger partial charge in [0.05, 0.1) is 6.61 Å². The normalized spacial score (nSPS) is 33.0. The van der Waals surface area contributed by atoms with Gasteiger partial charge in [-0.05, 0) is 31.2 Å². The number of ether oxygens (including phenoxy) is 1. The Bertz CT molecular complexity index is 97.4. The lowest BCUT2D eigenvalue weighted by Crippen LogP contribution is -2.23. The summed E-state index contributed by atoms with van der Waals surface area (Å²) in [5, 5.41) is 0. The molecule has 2 heteroatoms. The smallest absolute Gasteiger partial charge is 0.0523 e. The Morgan fingerprint density at radius 3 is 2.80 bits per heavy atom. The molecule has 1 rings (SSSR count). The van der Waals surface area contributed by atoms with E-state index in [4.69, 9.17) is 10.5 Å². The lowest BCUT2D eigenvalue weighted by molar-refractivity contribution is 0.144. The third-order valence-corrected chi connectivity index (χ3v) is 2.61. The van der Waals surface area contributed by atoms with Crippen molar-refractivity contribution < 1.29 is 4.74 Å². The molecule has 10 heavy (non-hydrogen) atoms. The highest BCUT2D eigenvalue weighted by Crippen LogP contribution is 2.34. The number of nitrogens with two attached hydrogens (primary N) is 1. The molecular formula is C8H17NO. The number of hydrogen-bond donors (Lipinski definition) is 1. The van der Waals surface area contributed by atoms with Crippen LogP contribution < -0.4 is 5.73 Å². The molecule has 0 aromatic carbocycles. The highest BCUT2D eigenvalue weighted by Gasteiger charge is 2.31. The molecule has 0 aromatic rings. The maximum absolute atomic E-state index is 5.51. The van der Waals surface area contributed by atoms with Crippen molar-refractivity contribution in [2.75, 3.05) is 19.8 Å². The Kier molecular flexibility index (Phi) is 2.69. The fraction of sp³-hybridized carbons (Fsp3) is 1.00. The van der Waals surface area contributed by atoms with Gasteiger partial charge in [-0.2, -0.15) is 0 Å². The van der Waals surface area contributed by atoms with E-state index >= 15 is 0 Å². The molecule has 0 saturated carbocycles. The molecule has 2 nitrogen and oxygen atoms in total. The standard InChI is InChI=1S/C8H17NO/c1-2-8(3-5-9)4-6-10-7-8/h2-7,9H2,1H3. The van der Waals surface area contributed by atoms with Crippen LogP contribution in [0, 0.1) is 5.41 Å². The molecule has 0 aromatic heterocycles. The summed E-state index contributed by atoms with van der Waals surface area (Å²) in [6.45, 7) is 4.90. The van der Waals surface area contributed by atoms with E-state index in [9.17, 15) is 0 Å². The van der Waals surface area contributed by atoms with Gasteiger partial charge in [0, 0.05) is 6.61 Å². The maximum Gasteiger partial charge on any atom is 0.0523 e. The van der Waals surface area contributed by atoms with Gasteiger partial charge in [-0.25, -0.2) is 0 Å². The first-order valence-electron chi connectivity index (χ1n) is 4.11. The summed E-state index contributed by atoms with van der Waals surface area (Å²) in [5.74, 6) is 0. The van der Waals surface area contributed by atoms with Crippen LogP contribution in [0.15, 0.2) is 0 Å². The SMILES string of the molecule is CCC1(CCN)CCOC1. The molecule has 2 N–H and O–H groups in total. The first kappa shape index (κ1) is 8.02. The summed E-state index contributed by atoms with van der Waals surface area (Å²) in [4.78, 5) is 0. The van der Waals surface area contributed by atoms with E-state index in [1.807, 2.05) is 0 Å². The van der Waals surface area contributed by atoms with E-state index in [1.165, 1.54) is 12.8 Å². The molecule has 1 fully saturated rings. The minimum absolute atomic E-state index is 0.439. The lowest BCUT2D eigenvalue weighted by atomic mass is 9.81. The Morgan fingerprint density at radius 1 is 1.60 bits per heavy atom. The van der Waals surface area contributed by atoms with Crippen LogP contribution in [0.5, 0.6) is 0 Å². The van der Waals surface area contributed by atoms with Gasteiger partial charge in [-0.1, -0.05) is 6.92 Å². The van der Waals surface area contributed by atoms with Crippen LogP contribution in [0.4, 0.5) is 0 Å². The minimum atomic E-state index is 0.439. The summed E-state index contributed by atoms with van der Waals surface area (Å²) in [6, 6.07) is 0. The van der Waals surface area contributed by atoms with Crippen molar-refractivity contribution in [3.63, 3.8) is 0 Å². The molecule has 1 aliphatic rings. The van der Waals surface area contributed by atoms with Crippen molar-refractivity contribution in [2.24, 2.45) is 11.1 Å². The molecule has 0 bridgehead atoms. The zero-order chi connectivity index (χ0) is 7.45. The van der Waals surface area contributed by atoms with Gasteiger partial charge in [0.25, 0.3) is 0 Å². The van der Waals surface area contributed by atoms with Crippen LogP contribution in [0.3, 0.4) is 0 Å². The van der Waals surface area contributed by atoms with E-state index < -0.39 is 0 Å². The summed E-state index contributed by atoms with van der Waals surface area (Å²) >= 11 is 0. The van der Waals surface area contributed by atoms with Gasteiger partial charge in [0.1, 0.15) is 0 Å². The number of rotatable bonds is 3. The van der Waals surface area contributed by atoms with E-state index in [2.05, 4.69) is 6.92 Å². The van der Waals surface area contributed by atoms with Crippen molar-refractivity contribution in [3.8, 4) is 0 Å². The molecule has 1 atom stereocenters. The van der Waals surface area contributed by atoms with Crippen molar-refractivity contribution in [1.82, 2.24) is 0 Å². The van der Waals surface area contributed by atoms with E-state index in [-0.39, 0.29) is 0 Å². The molecule has 60 valence electrons. The van der Waals surface area contributed by atoms with Crippen molar-refractivity contribution >= 4 is 0 Å². The third-order valence-electron chi connectivity index (χ3n) is 2.61. The zero-order valence-corrected chi connectivity index (χ0v) is 6.73. The van der Waals surface area contributed by atoms with Crippen LogP contribution in [-0.2, 0) is 4.74 Å². The average molecular weight is 143 g/mol. The molecule has 1 unspecified atom stereocenters. The fourth-order valence-corrected chi connectivity index (χ4v) is 1.61. The summed E-state index contributed by atoms with van der Waals surface area (Å²) in [7, 11) is 0. The number of hydrogen-bond acceptors (Lipinski definition) is 2. The minimum Gasteiger partial charge on any atom is -0.381 e. The Morgan fingerprint density at radius 2 is 2.40 bits per heavy atom. The van der Waals surface area contributed by atoms with Crippen molar-refractivity contribution in [2.45, 2.75) is 26.2 Å². The van der Waals surface area contributed by atoms with Gasteiger partial charge in [-0.15, -0.1) is 0 Å². The molecule has 0 amide bonds. The van der Waals surface area contributed by atoms with Crippen molar-refractivity contribution in [1.29, 1.82) is 0 Å². The topological polar surface area (TPSA) is 35.2 Å². The Hall–Kier alpha value is -0.0800. The predicted molar refractivity (Wildman–Crippen MR) is 41.8 cm³/mol. The largest absolute Gasteiger partial charge is 0.381 e. The first-order valence-corrected chi connectivity index (χ1v) is 4.11. The molecule has 0 radical (unpaired) electrons. The Labute approximate surface area is 62.7 Å². The van der Waals surface area contributed by atoms with Crippen molar-refractivity contribution in [3.05, 3.63) is 0 Å². The van der Waals surface area contributed by atoms with Gasteiger partial charge >= 0.3 is 0 Å². The van der Waals surface area contributed by atoms with Crippen LogP contribution >= 0.6 is 0 Å². The molecule has 1 heterocycles. The van der Waals surface area contributed by atoms with Gasteiger partial charge in [-0.3, -0.25) is 0 Å². The second-order valence-corrected chi connectivity index (χ2v) is 3.19. The van der Waals surface area contributed by atoms with E-state index in [1.54, 1.807) is 0 Å². The van der Waals surface area contributed by atoms with E-state index in [0.717, 1.165) is 26.2 Å². The summed E-state index contributed by atoms with van der Waals surface area (Å²) < 4.78 is 5.35. The third kappa shape index (κ3) is 1.50. The highest BCUT2D eigenvalue weighted by molar-refractivity contribution is 4.81. The summed E-state index contributed by atoms with van der Waals surface area (Å²) in [5.41, 5.74) is 5.95. The van der Waals surface area contributed by atoms with Crippen LogP contribution in [0.25, 0.3) is 0 Å². The first-order chi connectivity index (χ1) is 4.83. The fourth-order valence-electron chi connectivity index (χ4n) is 1.61. The molecule has 0 spiro atoms. The predicted octanol–water partition coefficient (Wildman–Crippen LogP) is 1.15. The maximum atomic E-state index is 5.51. The second-order valence-electron chi connectivity index (χ2n) is 3.19. The van der Waals surface area contributed by atoms with Gasteiger partial charge < -0.3 is 10.5 Å². The molecular weight excluding hydrogens is 126 g/mol. The quantitative estimate of drug-likeness (QED) is 0.643. The second kappa shape index (κ2) is 3.35. The van der Waals surface area contributed by atoms with Crippen LogP contribution in [0.1, 0.15) is 26.2 Å². The van der Waals surface area contributed by atoms with E-state index in [0.29, 0.717) is 5.41 Å². The van der Waals surface area contributed by atoms with Crippen LogP contribution in [-0.4, -0.2) is 19.8 Å². The molecule has 0 aliphatic carbocycles. The van der Waals surface area contributed by atoms with Gasteiger partial charge in [0.15, 0.2) is 0 Å².